The number of amides is 1. The summed E-state index contributed by atoms with van der Waals surface area (Å²) >= 11 is 7.49. The number of aromatic nitrogens is 3. The van der Waals surface area contributed by atoms with Crippen LogP contribution in [0.5, 0.6) is 0 Å². The Labute approximate surface area is 181 Å². The number of nitrogens with zero attached hydrogens (tertiary/aromatic N) is 4. The average Bonchev–Trinajstić information content (AvgIpc) is 3.36. The van der Waals surface area contributed by atoms with Crippen LogP contribution in [0.25, 0.3) is 10.6 Å². The highest BCUT2D eigenvalue weighted by Crippen LogP contribution is 2.31. The first-order valence-electron chi connectivity index (χ1n) is 9.33. The molecule has 4 rings (SSSR count). The molecule has 10 heteroatoms. The van der Waals surface area contributed by atoms with E-state index in [1.54, 1.807) is 23.6 Å². The Morgan fingerprint density at radius 1 is 1.27 bits per heavy atom. The molecule has 3 aromatic rings. The second-order valence-corrected chi connectivity index (χ2v) is 8.37. The number of hydrogen-bond donors (Lipinski definition) is 1. The molecular formula is C20H19ClFN5O2S. The second-order valence-electron chi connectivity index (χ2n) is 6.87. The van der Waals surface area contributed by atoms with E-state index in [9.17, 15) is 9.18 Å². The summed E-state index contributed by atoms with van der Waals surface area (Å²) < 4.78 is 18.9. The van der Waals surface area contributed by atoms with Crippen LogP contribution in [0, 0.1) is 0 Å². The van der Waals surface area contributed by atoms with Gasteiger partial charge in [-0.05, 0) is 32.0 Å². The second kappa shape index (κ2) is 8.53. The fourth-order valence-corrected chi connectivity index (χ4v) is 4.12. The van der Waals surface area contributed by atoms with Crippen molar-refractivity contribution in [2.45, 2.75) is 32.1 Å². The molecule has 0 aliphatic carbocycles. The first-order valence-corrected chi connectivity index (χ1v) is 10.5. The zero-order chi connectivity index (χ0) is 21.3. The Morgan fingerprint density at radius 3 is 2.77 bits per heavy atom. The number of alkyl halides is 1. The number of rotatable bonds is 6. The largest absolute Gasteiger partial charge is 0.447 e. The van der Waals surface area contributed by atoms with Crippen LogP contribution in [0.2, 0.25) is 5.02 Å². The maximum atomic E-state index is 13.9. The minimum atomic E-state index is -1.25. The van der Waals surface area contributed by atoms with Crippen LogP contribution in [0.3, 0.4) is 0 Å². The Hall–Kier alpha value is -2.78. The summed E-state index contributed by atoms with van der Waals surface area (Å²) in [6.07, 6.45) is 1.46. The van der Waals surface area contributed by atoms with Gasteiger partial charge in [0.1, 0.15) is 29.6 Å². The predicted molar refractivity (Wildman–Crippen MR) is 115 cm³/mol. The van der Waals surface area contributed by atoms with Crippen molar-refractivity contribution in [2.24, 2.45) is 0 Å². The van der Waals surface area contributed by atoms with Gasteiger partial charge in [-0.25, -0.2) is 19.2 Å². The minimum absolute atomic E-state index is 0.00595. The zero-order valence-corrected chi connectivity index (χ0v) is 17.8. The molecule has 0 radical (unpaired) electrons. The van der Waals surface area contributed by atoms with Gasteiger partial charge < -0.3 is 10.1 Å². The van der Waals surface area contributed by atoms with E-state index in [0.717, 1.165) is 15.4 Å². The Kier molecular flexibility index (Phi) is 5.83. The molecule has 1 aliphatic rings. The number of thiazole rings is 1. The molecule has 1 aromatic carbocycles. The summed E-state index contributed by atoms with van der Waals surface area (Å²) in [7, 11) is 0. The SMILES string of the molecule is C[C@H](Nc1nccc(N2C(=O)OC[C@@H]2[C@H](C)F)n1)c1cnc(-c2ccc(Cl)cc2)s1. The van der Waals surface area contributed by atoms with E-state index >= 15 is 0 Å². The number of benzene rings is 1. The van der Waals surface area contributed by atoms with Crippen LogP contribution in [0.4, 0.5) is 21.0 Å². The molecular weight excluding hydrogens is 429 g/mol. The molecule has 0 unspecified atom stereocenters. The summed E-state index contributed by atoms with van der Waals surface area (Å²) in [5.41, 5.74) is 0.986. The monoisotopic (exact) mass is 447 g/mol. The van der Waals surface area contributed by atoms with Crippen LogP contribution in [-0.2, 0) is 4.74 Å². The third kappa shape index (κ3) is 4.22. The van der Waals surface area contributed by atoms with E-state index in [4.69, 9.17) is 16.3 Å². The average molecular weight is 448 g/mol. The normalized spacial score (nSPS) is 18.2. The summed E-state index contributed by atoms with van der Waals surface area (Å²) in [6, 6.07) is 8.23. The first-order chi connectivity index (χ1) is 14.4. The van der Waals surface area contributed by atoms with Crippen LogP contribution in [-0.4, -0.2) is 39.9 Å². The van der Waals surface area contributed by atoms with Gasteiger partial charge >= 0.3 is 6.09 Å². The van der Waals surface area contributed by atoms with Crippen molar-refractivity contribution in [3.8, 4) is 10.6 Å². The van der Waals surface area contributed by atoms with Crippen molar-refractivity contribution in [1.82, 2.24) is 15.0 Å². The molecule has 3 heterocycles. The van der Waals surface area contributed by atoms with Crippen molar-refractivity contribution in [3.05, 3.63) is 52.6 Å². The molecule has 0 bridgehead atoms. The third-order valence-electron chi connectivity index (χ3n) is 4.71. The number of cyclic esters (lactones) is 1. The summed E-state index contributed by atoms with van der Waals surface area (Å²) in [4.78, 5) is 27.4. The minimum Gasteiger partial charge on any atom is -0.447 e. The number of nitrogens with one attached hydrogen (secondary N) is 1. The summed E-state index contributed by atoms with van der Waals surface area (Å²) in [6.45, 7) is 3.35. The lowest BCUT2D eigenvalue weighted by atomic mass is 10.2. The Bertz CT molecular complexity index is 1050. The van der Waals surface area contributed by atoms with E-state index in [0.29, 0.717) is 16.8 Å². The van der Waals surface area contributed by atoms with Gasteiger partial charge in [0.2, 0.25) is 5.95 Å². The van der Waals surface area contributed by atoms with Crippen molar-refractivity contribution in [2.75, 3.05) is 16.8 Å². The number of carbonyl (C=O) groups excluding carboxylic acids is 1. The predicted octanol–water partition coefficient (Wildman–Crippen LogP) is 5.11. The maximum absolute atomic E-state index is 13.9. The van der Waals surface area contributed by atoms with Gasteiger partial charge in [-0.3, -0.25) is 4.90 Å². The summed E-state index contributed by atoms with van der Waals surface area (Å²) in [5.74, 6) is 0.620. The quantitative estimate of drug-likeness (QED) is 0.565. The smallest absolute Gasteiger partial charge is 0.416 e. The molecule has 2 aromatic heterocycles. The highest BCUT2D eigenvalue weighted by Gasteiger charge is 2.39. The van der Waals surface area contributed by atoms with Gasteiger partial charge in [-0.2, -0.15) is 4.98 Å². The van der Waals surface area contributed by atoms with E-state index in [1.807, 2.05) is 31.2 Å². The Morgan fingerprint density at radius 2 is 2.03 bits per heavy atom. The molecule has 1 fully saturated rings. The Balaban J connectivity index is 1.50. The van der Waals surface area contributed by atoms with Crippen LogP contribution in [0.15, 0.2) is 42.7 Å². The van der Waals surface area contributed by atoms with Crippen LogP contribution < -0.4 is 10.2 Å². The molecule has 1 saturated heterocycles. The fraction of sp³-hybridized carbons (Fsp3) is 0.300. The molecule has 1 amide bonds. The summed E-state index contributed by atoms with van der Waals surface area (Å²) in [5, 5.41) is 4.76. The number of carbonyl (C=O) groups is 1. The van der Waals surface area contributed by atoms with Gasteiger partial charge in [-0.15, -0.1) is 11.3 Å². The molecule has 30 heavy (non-hydrogen) atoms. The van der Waals surface area contributed by atoms with Crippen molar-refractivity contribution in [1.29, 1.82) is 0 Å². The van der Waals surface area contributed by atoms with Gasteiger partial charge in [0, 0.05) is 27.9 Å². The highest BCUT2D eigenvalue weighted by atomic mass is 35.5. The van der Waals surface area contributed by atoms with Crippen molar-refractivity contribution in [3.63, 3.8) is 0 Å². The van der Waals surface area contributed by atoms with Crippen LogP contribution in [0.1, 0.15) is 24.8 Å². The maximum Gasteiger partial charge on any atom is 0.416 e. The molecule has 1 N–H and O–H groups in total. The van der Waals surface area contributed by atoms with E-state index < -0.39 is 18.3 Å². The molecule has 0 saturated carbocycles. The third-order valence-corrected chi connectivity index (χ3v) is 6.19. The van der Waals surface area contributed by atoms with Crippen molar-refractivity contribution >= 4 is 40.8 Å². The molecule has 1 aliphatic heterocycles. The lowest BCUT2D eigenvalue weighted by molar-refractivity contribution is 0.174. The molecule has 3 atom stereocenters. The standard InChI is InChI=1S/C20H19ClFN5O2S/c1-11(22)15-10-29-20(28)27(15)17-7-8-23-19(26-17)25-12(2)16-9-24-18(30-16)13-3-5-14(21)6-4-13/h3-9,11-12,15H,10H2,1-2H3,(H,23,25,26)/t11-,12-,15+/m0/s1. The first kappa shape index (κ1) is 20.5. The molecule has 7 nitrogen and oxygen atoms in total. The van der Waals surface area contributed by atoms with E-state index in [-0.39, 0.29) is 12.6 Å². The lowest BCUT2D eigenvalue weighted by Gasteiger charge is -2.22. The topological polar surface area (TPSA) is 80.2 Å². The van der Waals surface area contributed by atoms with E-state index in [1.165, 1.54) is 18.0 Å². The van der Waals surface area contributed by atoms with E-state index in [2.05, 4.69) is 20.3 Å². The number of halogens is 2. The van der Waals surface area contributed by atoms with Crippen molar-refractivity contribution < 1.29 is 13.9 Å². The molecule has 0 spiro atoms. The number of hydrogen-bond acceptors (Lipinski definition) is 7. The van der Waals surface area contributed by atoms with Gasteiger partial charge in [-0.1, -0.05) is 23.7 Å². The molecule has 156 valence electrons. The van der Waals surface area contributed by atoms with Gasteiger partial charge in [0.15, 0.2) is 0 Å². The lowest BCUT2D eigenvalue weighted by Crippen LogP contribution is -2.39. The number of ether oxygens (including phenoxy) is 1. The fourth-order valence-electron chi connectivity index (χ4n) is 3.07. The highest BCUT2D eigenvalue weighted by molar-refractivity contribution is 7.15. The number of anilines is 2. The van der Waals surface area contributed by atoms with Gasteiger partial charge in [0.25, 0.3) is 0 Å². The zero-order valence-electron chi connectivity index (χ0n) is 16.3. The van der Waals surface area contributed by atoms with Crippen LogP contribution >= 0.6 is 22.9 Å². The van der Waals surface area contributed by atoms with Gasteiger partial charge in [0.05, 0.1) is 6.04 Å².